The predicted molar refractivity (Wildman–Crippen MR) is 508 cm³/mol. The van der Waals surface area contributed by atoms with Crippen LogP contribution < -0.4 is 16.0 Å². The van der Waals surface area contributed by atoms with E-state index in [-0.39, 0.29) is 74.3 Å². The maximum Gasteiger partial charge on any atom is 0.335 e. The summed E-state index contributed by atoms with van der Waals surface area (Å²) in [5.74, 6) is -1.80. The van der Waals surface area contributed by atoms with E-state index in [4.69, 9.17) is 82.5 Å². The number of carboxylic acids is 1. The molecule has 4 atom stereocenters. The van der Waals surface area contributed by atoms with Gasteiger partial charge in [-0.15, -0.1) is 35.1 Å². The van der Waals surface area contributed by atoms with Gasteiger partial charge in [0.05, 0.1) is 72.7 Å². The molecule has 16 rings (SSSR count). The number of sulfone groups is 1. The van der Waals surface area contributed by atoms with Crippen LogP contribution >= 0.6 is 81.5 Å². The Labute approximate surface area is 784 Å². The van der Waals surface area contributed by atoms with Gasteiger partial charge >= 0.3 is 5.97 Å². The van der Waals surface area contributed by atoms with Crippen LogP contribution in [0.5, 0.6) is 0 Å². The summed E-state index contributed by atoms with van der Waals surface area (Å²) in [5, 5.41) is 37.8. The van der Waals surface area contributed by atoms with Crippen LogP contribution in [-0.2, 0) is 70.8 Å². The van der Waals surface area contributed by atoms with Gasteiger partial charge in [0.15, 0.2) is 32.2 Å². The lowest BCUT2D eigenvalue weighted by atomic mass is 9.88. The Morgan fingerprint density at radius 1 is 0.442 bits per heavy atom. The number of hydrogen-bond donors (Lipinski definition) is 4. The van der Waals surface area contributed by atoms with Gasteiger partial charge in [0.25, 0.3) is 17.7 Å². The van der Waals surface area contributed by atoms with E-state index in [2.05, 4.69) is 48.7 Å². The number of nitrogens with zero attached hydrogens (tertiary/aromatic N) is 9. The molecule has 0 spiro atoms. The molecular formula is C94H103Cl5N12O15S3. The van der Waals surface area contributed by atoms with Crippen molar-refractivity contribution in [2.45, 2.75) is 131 Å². The quantitative estimate of drug-likeness (QED) is 0.0615. The van der Waals surface area contributed by atoms with E-state index in [1.165, 1.54) is 14.7 Å². The van der Waals surface area contributed by atoms with E-state index in [9.17, 15) is 46.8 Å². The highest BCUT2D eigenvalue weighted by Gasteiger charge is 2.43. The number of aromatic carboxylic acids is 1. The molecule has 8 aliphatic rings. The lowest BCUT2D eigenvalue weighted by Gasteiger charge is -2.22. The Hall–Kier alpha value is -10.5. The SMILES string of the molecule is CSCCl.CSCN1CN(C(=O)c2ccc(C3=NOC(C)(c4cc(C)cc(Cl)c4)C3)cc2C)CC1=O.Cc1cc(Cl)cc(C2(C)CC(c3ccc(C(=O)N4CC(=O)N(CS(C)(=O)=O)C4)c(C)c3)=NO2)c1.Cc1cc(Cl)cc(C2(C)CC(c3ccc(C(=O)N4CNC(=O)C4)c(C)c3)=NO2)c1.Cc1cc(Cl)cc(C2(C)CC(c3ccc(C(=O)O)c(C)c3)=NO2)c1.O=C1CNCN1. The summed E-state index contributed by atoms with van der Waals surface area (Å²) in [6, 6.07) is 45.3. The number of oxime groups is 4. The van der Waals surface area contributed by atoms with Crippen LogP contribution in [0, 0.1) is 55.4 Å². The highest BCUT2D eigenvalue weighted by molar-refractivity contribution is 7.99. The molecule has 7 amide bonds. The maximum absolute atomic E-state index is 13.0. The molecule has 27 nitrogen and oxygen atoms in total. The van der Waals surface area contributed by atoms with Crippen LogP contribution in [0.4, 0.5) is 0 Å². The molecular weight excluding hydrogens is 1810 g/mol. The second-order valence-electron chi connectivity index (χ2n) is 33.6. The first-order chi connectivity index (χ1) is 60.9. The Kier molecular flexibility index (Phi) is 32.3. The molecule has 4 unspecified atom stereocenters. The third-order valence-corrected chi connectivity index (χ3v) is 25.5. The number of aryl methyl sites for hydroxylation is 8. The summed E-state index contributed by atoms with van der Waals surface area (Å²) in [5.41, 5.74) is 17.5. The molecule has 0 radical (unpaired) electrons. The number of carboxylic acid groups (broad SMARTS) is 1. The van der Waals surface area contributed by atoms with Crippen molar-refractivity contribution in [1.29, 1.82) is 0 Å². The molecule has 8 aromatic carbocycles. The summed E-state index contributed by atoms with van der Waals surface area (Å²) in [7, 11) is -3.38. The summed E-state index contributed by atoms with van der Waals surface area (Å²) in [6.45, 7) is 25.0. The number of alkyl halides is 1. The van der Waals surface area contributed by atoms with Gasteiger partial charge in [-0.2, -0.15) is 0 Å². The average Bonchev–Trinajstić information content (AvgIpc) is 1.65. The molecule has 129 heavy (non-hydrogen) atoms. The minimum atomic E-state index is -3.38. The molecule has 35 heteroatoms. The molecule has 0 saturated carbocycles. The number of thioether (sulfide) groups is 2. The fraction of sp³-hybridized carbons (Fsp3) is 0.362. The lowest BCUT2D eigenvalue weighted by Crippen LogP contribution is -2.34. The Balaban J connectivity index is 0.000000161. The second kappa shape index (κ2) is 42.1. The van der Waals surface area contributed by atoms with Gasteiger partial charge < -0.3 is 59.6 Å². The van der Waals surface area contributed by atoms with E-state index in [0.717, 1.165) is 113 Å². The van der Waals surface area contributed by atoms with Gasteiger partial charge in [0.1, 0.15) is 25.5 Å². The van der Waals surface area contributed by atoms with E-state index in [0.29, 0.717) is 105 Å². The van der Waals surface area contributed by atoms with Crippen LogP contribution in [0.2, 0.25) is 20.1 Å². The molecule has 8 aromatic rings. The minimum absolute atomic E-state index is 0.0185. The van der Waals surface area contributed by atoms with Crippen molar-refractivity contribution in [2.24, 2.45) is 20.6 Å². The zero-order valence-electron chi connectivity index (χ0n) is 74.3. The monoisotopic (exact) mass is 1910 g/mol. The highest BCUT2D eigenvalue weighted by Crippen LogP contribution is 2.43. The molecule has 8 aliphatic heterocycles. The Morgan fingerprint density at radius 3 is 1.02 bits per heavy atom. The fourth-order valence-corrected chi connectivity index (χ4v) is 18.0. The van der Waals surface area contributed by atoms with Crippen LogP contribution in [0.3, 0.4) is 0 Å². The van der Waals surface area contributed by atoms with E-state index in [1.54, 1.807) is 64.5 Å². The maximum atomic E-state index is 13.0. The van der Waals surface area contributed by atoms with E-state index in [1.807, 2.05) is 198 Å². The number of benzene rings is 8. The summed E-state index contributed by atoms with van der Waals surface area (Å²) in [4.78, 5) is 126. The standard InChI is InChI=1S/C24H26ClN3O5S.C24H26ClN3O3S.C22H22ClN3O3.C19H18ClNO3.C3H6N2O.C2H5ClS/c1-15-7-18(10-19(25)8-15)24(3)11-21(26-33-24)17-5-6-20(16(2)9-17)23(30)27-12-22(29)28(13-27)14-34(4,31)32;1-15-7-18(10-19(25)8-15)24(3)11-21(26-31-24)17-5-6-20(16(2)9-17)23(30)27-12-22(29)28(13-27)14-32-4;1-13-6-16(9-17(23)7-13)22(3)10-19(25-29-22)15-4-5-18(14(2)8-15)21(28)26-11-20(27)24-12-26;1-11-6-14(9-15(20)7-11)19(3)10-17(21-24-19)13-4-5-16(18(22)23)12(2)8-13;6-3-1-4-2-5-3;1-4-2-3/h5-10H,11-14H2,1-4H3;5-10H,11-14H2,1-4H3;4-9H,10-12H2,1-3H3,(H,24,27);4-9H,10H2,1-3H3,(H,22,23);4H,1-2H2,(H,5,6);2H2,1H3. The van der Waals surface area contributed by atoms with Gasteiger partial charge in [-0.1, -0.05) is 116 Å². The van der Waals surface area contributed by atoms with Crippen molar-refractivity contribution in [3.05, 3.63) is 277 Å². The van der Waals surface area contributed by atoms with Crippen LogP contribution in [0.1, 0.15) is 184 Å². The molecule has 0 aromatic heterocycles. The van der Waals surface area contributed by atoms with Crippen LogP contribution in [-0.4, -0.2) is 197 Å². The van der Waals surface area contributed by atoms with Crippen molar-refractivity contribution in [2.75, 3.05) is 88.6 Å². The normalized spacial score (nSPS) is 20.1. The molecule has 4 N–H and O–H groups in total. The number of hydrogen-bond acceptors (Lipinski definition) is 21. The smallest absolute Gasteiger partial charge is 0.335 e. The van der Waals surface area contributed by atoms with Crippen molar-refractivity contribution in [1.82, 2.24) is 40.4 Å². The molecule has 8 heterocycles. The Morgan fingerprint density at radius 2 is 0.760 bits per heavy atom. The molecule has 4 saturated heterocycles. The number of carbonyl (C=O) groups is 8. The van der Waals surface area contributed by atoms with Gasteiger partial charge in [-0.25, -0.2) is 13.2 Å². The highest BCUT2D eigenvalue weighted by atomic mass is 35.5. The minimum Gasteiger partial charge on any atom is -0.478 e. The first-order valence-corrected chi connectivity index (χ1v) is 48.0. The number of halogens is 5. The van der Waals surface area contributed by atoms with E-state index >= 15 is 0 Å². The Bertz CT molecular complexity index is 5890. The summed E-state index contributed by atoms with van der Waals surface area (Å²) >= 11 is 33.2. The summed E-state index contributed by atoms with van der Waals surface area (Å²) < 4.78 is 23.1. The van der Waals surface area contributed by atoms with Crippen molar-refractivity contribution in [3.63, 3.8) is 0 Å². The first kappa shape index (κ1) is 99.0. The third-order valence-electron chi connectivity index (χ3n) is 22.4. The number of carbonyl (C=O) groups excluding carboxylic acids is 7. The average molecular weight is 1910 g/mol. The van der Waals surface area contributed by atoms with Crippen LogP contribution in [0.15, 0.2) is 166 Å². The zero-order chi connectivity index (χ0) is 93.9. The molecule has 682 valence electrons. The van der Waals surface area contributed by atoms with E-state index < -0.39 is 44.1 Å². The van der Waals surface area contributed by atoms with Gasteiger partial charge in [0, 0.05) is 68.7 Å². The van der Waals surface area contributed by atoms with Gasteiger partial charge in [-0.05, 0) is 282 Å². The largest absolute Gasteiger partial charge is 0.478 e. The molecule has 0 aliphatic carbocycles. The van der Waals surface area contributed by atoms with Gasteiger partial charge in [0.2, 0.25) is 23.6 Å². The molecule has 4 fully saturated rings. The lowest BCUT2D eigenvalue weighted by molar-refractivity contribution is -0.126. The van der Waals surface area contributed by atoms with Crippen molar-refractivity contribution >= 4 is 162 Å². The van der Waals surface area contributed by atoms with Crippen LogP contribution in [0.25, 0.3) is 0 Å². The third kappa shape index (κ3) is 25.0. The number of rotatable bonds is 17. The second-order valence-corrected chi connectivity index (χ2v) is 39.8. The van der Waals surface area contributed by atoms with Crippen molar-refractivity contribution in [3.8, 4) is 0 Å². The van der Waals surface area contributed by atoms with Gasteiger partial charge in [-0.3, -0.25) is 38.9 Å². The zero-order valence-corrected chi connectivity index (χ0v) is 80.5. The summed E-state index contributed by atoms with van der Waals surface area (Å²) in [6.07, 6.45) is 7.30. The topological polar surface area (TPSA) is 330 Å². The number of amides is 7. The molecule has 0 bridgehead atoms. The van der Waals surface area contributed by atoms with Crippen molar-refractivity contribution < 1.29 is 71.2 Å². The first-order valence-electron chi connectivity index (χ1n) is 41.1. The fourth-order valence-electron chi connectivity index (χ4n) is 15.6. The number of nitrogens with one attached hydrogen (secondary N) is 3. The predicted octanol–water partition coefficient (Wildman–Crippen LogP) is 16.2.